The van der Waals surface area contributed by atoms with E-state index in [0.29, 0.717) is 12.5 Å². The van der Waals surface area contributed by atoms with E-state index in [1.165, 1.54) is 5.56 Å². The minimum absolute atomic E-state index is 0.0910. The summed E-state index contributed by atoms with van der Waals surface area (Å²) in [6.07, 6.45) is 3.06. The van der Waals surface area contributed by atoms with E-state index in [-0.39, 0.29) is 17.5 Å². The number of anilines is 1. The van der Waals surface area contributed by atoms with Crippen LogP contribution in [0.2, 0.25) is 0 Å². The summed E-state index contributed by atoms with van der Waals surface area (Å²) in [6.45, 7) is 6.64. The zero-order valence-corrected chi connectivity index (χ0v) is 12.9. The molecule has 0 amide bonds. The van der Waals surface area contributed by atoms with Gasteiger partial charge >= 0.3 is 0 Å². The average Bonchev–Trinajstić information content (AvgIpc) is 2.90. The Labute approximate surface area is 126 Å². The molecule has 21 heavy (non-hydrogen) atoms. The Balaban J connectivity index is 1.93. The molecule has 1 aromatic rings. The highest BCUT2D eigenvalue weighted by molar-refractivity contribution is 5.60. The lowest BCUT2D eigenvalue weighted by Crippen LogP contribution is -2.59. The van der Waals surface area contributed by atoms with Crippen molar-refractivity contribution in [1.29, 1.82) is 0 Å². The molecular formula is C17H25FN2O. The summed E-state index contributed by atoms with van der Waals surface area (Å²) in [5, 5.41) is 0. The van der Waals surface area contributed by atoms with Crippen molar-refractivity contribution in [2.24, 2.45) is 11.7 Å². The first-order valence-electron chi connectivity index (χ1n) is 7.93. The Morgan fingerprint density at radius 1 is 1.48 bits per heavy atom. The molecule has 0 bridgehead atoms. The highest BCUT2D eigenvalue weighted by Crippen LogP contribution is 2.40. The van der Waals surface area contributed by atoms with Gasteiger partial charge in [-0.25, -0.2) is 4.39 Å². The quantitative estimate of drug-likeness (QED) is 0.931. The van der Waals surface area contributed by atoms with Gasteiger partial charge in [-0.05, 0) is 42.9 Å². The first-order valence-corrected chi connectivity index (χ1v) is 7.93. The van der Waals surface area contributed by atoms with Gasteiger partial charge in [0.25, 0.3) is 0 Å². The molecule has 2 aliphatic rings. The monoisotopic (exact) mass is 292 g/mol. The summed E-state index contributed by atoms with van der Waals surface area (Å²) in [6, 6.07) is 5.13. The van der Waals surface area contributed by atoms with Crippen molar-refractivity contribution in [2.75, 3.05) is 24.6 Å². The van der Waals surface area contributed by atoms with Crippen molar-refractivity contribution in [3.8, 4) is 0 Å². The van der Waals surface area contributed by atoms with E-state index >= 15 is 0 Å². The molecule has 0 aromatic heterocycles. The summed E-state index contributed by atoms with van der Waals surface area (Å²) >= 11 is 0. The molecular weight excluding hydrogens is 267 g/mol. The number of hydrogen-bond donors (Lipinski definition) is 1. The first kappa shape index (κ1) is 14.8. The number of ether oxygens (including phenoxy) is 1. The molecule has 1 fully saturated rings. The third-order valence-corrected chi connectivity index (χ3v) is 5.12. The molecule has 2 aliphatic heterocycles. The van der Waals surface area contributed by atoms with Crippen LogP contribution in [0.25, 0.3) is 0 Å². The summed E-state index contributed by atoms with van der Waals surface area (Å²) < 4.78 is 19.6. The standard InChI is InChI=1S/C17H25FN2O/c1-12(2)16-10-17(11-19,6-8-21-16)20-7-5-13-3-4-14(18)9-15(13)20/h3-4,9,12,16H,5-8,10-11,19H2,1-2H3. The second-order valence-corrected chi connectivity index (χ2v) is 6.71. The molecule has 3 nitrogen and oxygen atoms in total. The van der Waals surface area contributed by atoms with Crippen molar-refractivity contribution in [3.05, 3.63) is 29.6 Å². The van der Waals surface area contributed by atoms with Crippen molar-refractivity contribution in [1.82, 2.24) is 0 Å². The van der Waals surface area contributed by atoms with Crippen molar-refractivity contribution >= 4 is 5.69 Å². The first-order chi connectivity index (χ1) is 10.1. The maximum Gasteiger partial charge on any atom is 0.125 e. The predicted octanol–water partition coefficient (Wildman–Crippen LogP) is 2.72. The largest absolute Gasteiger partial charge is 0.378 e. The van der Waals surface area contributed by atoms with Crippen LogP contribution in [-0.2, 0) is 11.2 Å². The van der Waals surface area contributed by atoms with Crippen LogP contribution in [0.1, 0.15) is 32.3 Å². The van der Waals surface area contributed by atoms with E-state index < -0.39 is 0 Å². The number of hydrogen-bond acceptors (Lipinski definition) is 3. The Hall–Kier alpha value is -1.13. The Bertz CT molecular complexity index is 520. The molecule has 2 N–H and O–H groups in total. The fourth-order valence-corrected chi connectivity index (χ4v) is 3.75. The van der Waals surface area contributed by atoms with E-state index in [9.17, 15) is 4.39 Å². The van der Waals surface area contributed by atoms with E-state index in [1.54, 1.807) is 12.1 Å². The smallest absolute Gasteiger partial charge is 0.125 e. The van der Waals surface area contributed by atoms with Crippen LogP contribution in [0.3, 0.4) is 0 Å². The third-order valence-electron chi connectivity index (χ3n) is 5.12. The Kier molecular flexibility index (Phi) is 3.93. The van der Waals surface area contributed by atoms with Crippen LogP contribution >= 0.6 is 0 Å². The van der Waals surface area contributed by atoms with E-state index in [4.69, 9.17) is 10.5 Å². The van der Waals surface area contributed by atoms with Gasteiger partial charge in [0.2, 0.25) is 0 Å². The SMILES string of the molecule is CC(C)C1CC(CN)(N2CCc3ccc(F)cc32)CCO1. The number of fused-ring (bicyclic) bond motifs is 1. The summed E-state index contributed by atoms with van der Waals surface area (Å²) in [5.41, 5.74) is 8.36. The molecule has 0 saturated carbocycles. The normalized spacial score (nSPS) is 29.0. The van der Waals surface area contributed by atoms with Gasteiger partial charge in [0.15, 0.2) is 0 Å². The van der Waals surface area contributed by atoms with Gasteiger partial charge < -0.3 is 15.4 Å². The van der Waals surface area contributed by atoms with Crippen LogP contribution in [0, 0.1) is 11.7 Å². The molecule has 3 rings (SSSR count). The molecule has 4 heteroatoms. The molecule has 0 spiro atoms. The zero-order chi connectivity index (χ0) is 15.0. The van der Waals surface area contributed by atoms with Crippen molar-refractivity contribution in [2.45, 2.75) is 44.8 Å². The van der Waals surface area contributed by atoms with Gasteiger partial charge in [-0.15, -0.1) is 0 Å². The summed E-state index contributed by atoms with van der Waals surface area (Å²) in [7, 11) is 0. The number of nitrogens with zero attached hydrogens (tertiary/aromatic N) is 1. The molecule has 2 heterocycles. The van der Waals surface area contributed by atoms with Gasteiger partial charge in [-0.3, -0.25) is 0 Å². The lowest BCUT2D eigenvalue weighted by Gasteiger charge is -2.48. The van der Waals surface area contributed by atoms with Crippen LogP contribution in [0.15, 0.2) is 18.2 Å². The molecule has 1 saturated heterocycles. The topological polar surface area (TPSA) is 38.5 Å². The average molecular weight is 292 g/mol. The van der Waals surface area contributed by atoms with Gasteiger partial charge in [-0.1, -0.05) is 19.9 Å². The van der Waals surface area contributed by atoms with E-state index in [0.717, 1.165) is 38.1 Å². The number of nitrogens with two attached hydrogens (primary N) is 1. The van der Waals surface area contributed by atoms with E-state index in [2.05, 4.69) is 18.7 Å². The van der Waals surface area contributed by atoms with Crippen molar-refractivity contribution in [3.63, 3.8) is 0 Å². The molecule has 116 valence electrons. The van der Waals surface area contributed by atoms with Crippen LogP contribution < -0.4 is 10.6 Å². The maximum atomic E-state index is 13.7. The van der Waals surface area contributed by atoms with Gasteiger partial charge in [0.1, 0.15) is 5.82 Å². The molecule has 0 aliphatic carbocycles. The van der Waals surface area contributed by atoms with Gasteiger partial charge in [0.05, 0.1) is 11.6 Å². The van der Waals surface area contributed by atoms with Gasteiger partial charge in [-0.2, -0.15) is 0 Å². The summed E-state index contributed by atoms with van der Waals surface area (Å²) in [4.78, 5) is 2.35. The van der Waals surface area contributed by atoms with Crippen LogP contribution in [0.4, 0.5) is 10.1 Å². The second-order valence-electron chi connectivity index (χ2n) is 6.71. The number of benzene rings is 1. The van der Waals surface area contributed by atoms with Crippen LogP contribution in [0.5, 0.6) is 0 Å². The fraction of sp³-hybridized carbons (Fsp3) is 0.647. The number of rotatable bonds is 3. The molecule has 2 unspecified atom stereocenters. The minimum Gasteiger partial charge on any atom is -0.378 e. The highest BCUT2D eigenvalue weighted by atomic mass is 19.1. The van der Waals surface area contributed by atoms with Gasteiger partial charge in [0, 0.05) is 25.4 Å². The Morgan fingerprint density at radius 3 is 3.00 bits per heavy atom. The molecule has 2 atom stereocenters. The summed E-state index contributed by atoms with van der Waals surface area (Å²) in [5.74, 6) is 0.311. The zero-order valence-electron chi connectivity index (χ0n) is 12.9. The fourth-order valence-electron chi connectivity index (χ4n) is 3.75. The maximum absolute atomic E-state index is 13.7. The minimum atomic E-state index is -0.166. The molecule has 1 aromatic carbocycles. The molecule has 0 radical (unpaired) electrons. The number of halogens is 1. The second kappa shape index (κ2) is 5.58. The van der Waals surface area contributed by atoms with Crippen molar-refractivity contribution < 1.29 is 9.13 Å². The Morgan fingerprint density at radius 2 is 2.29 bits per heavy atom. The highest BCUT2D eigenvalue weighted by Gasteiger charge is 2.43. The predicted molar refractivity (Wildman–Crippen MR) is 83.0 cm³/mol. The third kappa shape index (κ3) is 2.55. The lowest BCUT2D eigenvalue weighted by atomic mass is 9.81. The lowest BCUT2D eigenvalue weighted by molar-refractivity contribution is -0.0418. The van der Waals surface area contributed by atoms with Crippen LogP contribution in [-0.4, -0.2) is 31.3 Å². The van der Waals surface area contributed by atoms with E-state index in [1.807, 2.05) is 6.07 Å².